The number of primary amides is 1. The van der Waals surface area contributed by atoms with Crippen LogP contribution in [-0.4, -0.2) is 42.5 Å². The van der Waals surface area contributed by atoms with E-state index in [-0.39, 0.29) is 5.91 Å². The van der Waals surface area contributed by atoms with Crippen molar-refractivity contribution >= 4 is 5.91 Å². The molecule has 122 valence electrons. The molecule has 2 aliphatic rings. The summed E-state index contributed by atoms with van der Waals surface area (Å²) in [5, 5.41) is 3.43. The molecule has 0 spiro atoms. The van der Waals surface area contributed by atoms with Gasteiger partial charge in [0.2, 0.25) is 5.91 Å². The van der Waals surface area contributed by atoms with Gasteiger partial charge in [-0.1, -0.05) is 20.3 Å². The zero-order valence-electron chi connectivity index (χ0n) is 14.0. The zero-order chi connectivity index (χ0) is 15.5. The number of nitrogens with zero attached hydrogens (tertiary/aromatic N) is 1. The summed E-state index contributed by atoms with van der Waals surface area (Å²) in [6.45, 7) is 5.93. The second-order valence-electron chi connectivity index (χ2n) is 7.14. The van der Waals surface area contributed by atoms with Crippen LogP contribution in [0.2, 0.25) is 0 Å². The molecule has 21 heavy (non-hydrogen) atoms. The van der Waals surface area contributed by atoms with Gasteiger partial charge in [-0.3, -0.25) is 4.79 Å². The third-order valence-electron chi connectivity index (χ3n) is 5.72. The van der Waals surface area contributed by atoms with E-state index in [1.807, 2.05) is 0 Å². The summed E-state index contributed by atoms with van der Waals surface area (Å²) in [6, 6.07) is 0.615. The summed E-state index contributed by atoms with van der Waals surface area (Å²) in [5.41, 5.74) is 5.28. The highest BCUT2D eigenvalue weighted by Gasteiger charge is 2.50. The largest absolute Gasteiger partial charge is 0.368 e. The molecule has 1 amide bonds. The topological polar surface area (TPSA) is 58.4 Å². The van der Waals surface area contributed by atoms with Gasteiger partial charge in [0, 0.05) is 12.6 Å². The van der Waals surface area contributed by atoms with Gasteiger partial charge in [0.15, 0.2) is 0 Å². The van der Waals surface area contributed by atoms with Crippen molar-refractivity contribution in [1.29, 1.82) is 0 Å². The lowest BCUT2D eigenvalue weighted by Gasteiger charge is -2.41. The summed E-state index contributed by atoms with van der Waals surface area (Å²) >= 11 is 0. The highest BCUT2D eigenvalue weighted by molar-refractivity contribution is 5.86. The molecule has 2 fully saturated rings. The van der Waals surface area contributed by atoms with Gasteiger partial charge in [-0.25, -0.2) is 0 Å². The zero-order valence-corrected chi connectivity index (χ0v) is 14.0. The van der Waals surface area contributed by atoms with E-state index in [4.69, 9.17) is 5.73 Å². The fraction of sp³-hybridized carbons (Fsp3) is 0.941. The average Bonchev–Trinajstić information content (AvgIpc) is 3.31. The van der Waals surface area contributed by atoms with Crippen LogP contribution in [0.15, 0.2) is 0 Å². The lowest BCUT2D eigenvalue weighted by atomic mass is 9.83. The number of hydrogen-bond donors (Lipinski definition) is 2. The van der Waals surface area contributed by atoms with Crippen LogP contribution in [0.4, 0.5) is 0 Å². The molecule has 0 saturated heterocycles. The van der Waals surface area contributed by atoms with E-state index in [0.717, 1.165) is 31.8 Å². The standard InChI is InChI=1S/C17H33N3O/c1-4-13-6-10-15(11-7-13)20(3)12-17(16(18)21,19-5-2)14-8-9-14/h13-15,19H,4-12H2,1-3H3,(H2,18,21). The Hall–Kier alpha value is -0.610. The van der Waals surface area contributed by atoms with E-state index in [9.17, 15) is 4.79 Å². The molecular formula is C17H33N3O. The second kappa shape index (κ2) is 7.10. The van der Waals surface area contributed by atoms with E-state index in [2.05, 4.69) is 31.1 Å². The summed E-state index contributed by atoms with van der Waals surface area (Å²) in [5.74, 6) is 1.18. The van der Waals surface area contributed by atoms with Crippen molar-refractivity contribution < 1.29 is 4.79 Å². The van der Waals surface area contributed by atoms with Crippen LogP contribution < -0.4 is 11.1 Å². The van der Waals surface area contributed by atoms with E-state index >= 15 is 0 Å². The SMILES string of the molecule is CCNC(CN(C)C1CCC(CC)CC1)(C(N)=O)C1CC1. The van der Waals surface area contributed by atoms with Crippen molar-refractivity contribution in [3.8, 4) is 0 Å². The Balaban J connectivity index is 1.98. The van der Waals surface area contributed by atoms with Gasteiger partial charge >= 0.3 is 0 Å². The molecule has 3 N–H and O–H groups in total. The van der Waals surface area contributed by atoms with Gasteiger partial charge in [-0.15, -0.1) is 0 Å². The van der Waals surface area contributed by atoms with Gasteiger partial charge in [-0.2, -0.15) is 0 Å². The number of nitrogens with one attached hydrogen (secondary N) is 1. The fourth-order valence-corrected chi connectivity index (χ4v) is 4.10. The molecule has 4 nitrogen and oxygen atoms in total. The number of carbonyl (C=O) groups is 1. The molecular weight excluding hydrogens is 262 g/mol. The maximum absolute atomic E-state index is 12.1. The van der Waals surface area contributed by atoms with Crippen LogP contribution in [0.5, 0.6) is 0 Å². The van der Waals surface area contributed by atoms with E-state index in [0.29, 0.717) is 12.0 Å². The molecule has 0 radical (unpaired) electrons. The summed E-state index contributed by atoms with van der Waals surface area (Å²) in [4.78, 5) is 14.5. The first kappa shape index (κ1) is 16.8. The monoisotopic (exact) mass is 295 g/mol. The van der Waals surface area contributed by atoms with Crippen molar-refractivity contribution in [2.75, 3.05) is 20.1 Å². The van der Waals surface area contributed by atoms with Gasteiger partial charge in [0.05, 0.1) is 0 Å². The Morgan fingerprint density at radius 3 is 2.24 bits per heavy atom. The molecule has 1 unspecified atom stereocenters. The molecule has 0 aliphatic heterocycles. The predicted octanol–water partition coefficient (Wildman–Crippen LogP) is 2.13. The van der Waals surface area contributed by atoms with Crippen molar-refractivity contribution in [3.05, 3.63) is 0 Å². The first-order valence-corrected chi connectivity index (χ1v) is 8.78. The van der Waals surface area contributed by atoms with E-state index in [1.165, 1.54) is 32.1 Å². The van der Waals surface area contributed by atoms with Crippen molar-refractivity contribution in [1.82, 2.24) is 10.2 Å². The number of nitrogens with two attached hydrogens (primary N) is 1. The number of amides is 1. The molecule has 0 bridgehead atoms. The van der Waals surface area contributed by atoms with Crippen molar-refractivity contribution in [3.63, 3.8) is 0 Å². The summed E-state index contributed by atoms with van der Waals surface area (Å²) in [7, 11) is 2.17. The molecule has 0 aromatic carbocycles. The molecule has 1 atom stereocenters. The van der Waals surface area contributed by atoms with E-state index in [1.54, 1.807) is 0 Å². The quantitative estimate of drug-likeness (QED) is 0.721. The maximum Gasteiger partial charge on any atom is 0.239 e. The maximum atomic E-state index is 12.1. The molecule has 4 heteroatoms. The molecule has 0 heterocycles. The van der Waals surface area contributed by atoms with Crippen LogP contribution in [0, 0.1) is 11.8 Å². The minimum Gasteiger partial charge on any atom is -0.368 e. The van der Waals surface area contributed by atoms with Gasteiger partial charge in [-0.05, 0) is 64.0 Å². The van der Waals surface area contributed by atoms with Crippen LogP contribution in [0.1, 0.15) is 58.8 Å². The number of carbonyl (C=O) groups excluding carboxylic acids is 1. The van der Waals surface area contributed by atoms with Crippen LogP contribution >= 0.6 is 0 Å². The number of rotatable bonds is 8. The fourth-order valence-electron chi connectivity index (χ4n) is 4.10. The normalized spacial score (nSPS) is 29.3. The molecule has 2 saturated carbocycles. The first-order chi connectivity index (χ1) is 10.0. The third-order valence-corrected chi connectivity index (χ3v) is 5.72. The molecule has 0 aromatic heterocycles. The van der Waals surface area contributed by atoms with Crippen molar-refractivity contribution in [2.24, 2.45) is 17.6 Å². The number of likely N-dealkylation sites (N-methyl/N-ethyl adjacent to an activating group) is 2. The van der Waals surface area contributed by atoms with E-state index < -0.39 is 5.54 Å². The minimum atomic E-state index is -0.509. The minimum absolute atomic E-state index is 0.166. The molecule has 2 rings (SSSR count). The Labute approximate surface area is 129 Å². The molecule has 2 aliphatic carbocycles. The first-order valence-electron chi connectivity index (χ1n) is 8.78. The highest BCUT2D eigenvalue weighted by Crippen LogP contribution is 2.41. The second-order valence-corrected chi connectivity index (χ2v) is 7.14. The van der Waals surface area contributed by atoms with Crippen LogP contribution in [0.3, 0.4) is 0 Å². The lowest BCUT2D eigenvalue weighted by molar-refractivity contribution is -0.126. The third kappa shape index (κ3) is 3.78. The molecule has 0 aromatic rings. The van der Waals surface area contributed by atoms with Crippen LogP contribution in [0.25, 0.3) is 0 Å². The Morgan fingerprint density at radius 2 is 1.81 bits per heavy atom. The lowest BCUT2D eigenvalue weighted by Crippen LogP contribution is -2.63. The van der Waals surface area contributed by atoms with Gasteiger partial charge < -0.3 is 16.0 Å². The highest BCUT2D eigenvalue weighted by atomic mass is 16.1. The number of hydrogen-bond acceptors (Lipinski definition) is 3. The Bertz CT molecular complexity index is 348. The smallest absolute Gasteiger partial charge is 0.239 e. The van der Waals surface area contributed by atoms with Crippen molar-refractivity contribution in [2.45, 2.75) is 70.4 Å². The average molecular weight is 295 g/mol. The summed E-state index contributed by atoms with van der Waals surface area (Å²) in [6.07, 6.45) is 8.76. The Morgan fingerprint density at radius 1 is 1.19 bits per heavy atom. The van der Waals surface area contributed by atoms with Gasteiger partial charge in [0.25, 0.3) is 0 Å². The summed E-state index contributed by atoms with van der Waals surface area (Å²) < 4.78 is 0. The Kier molecular flexibility index (Phi) is 5.67. The van der Waals surface area contributed by atoms with Gasteiger partial charge in [0.1, 0.15) is 5.54 Å². The van der Waals surface area contributed by atoms with Crippen LogP contribution in [-0.2, 0) is 4.79 Å². The predicted molar refractivity (Wildman–Crippen MR) is 87.0 cm³/mol.